The van der Waals surface area contributed by atoms with E-state index < -0.39 is 4.92 Å². The Morgan fingerprint density at radius 1 is 0.967 bits per heavy atom. The van der Waals surface area contributed by atoms with Crippen molar-refractivity contribution in [3.05, 3.63) is 88.2 Å². The summed E-state index contributed by atoms with van der Waals surface area (Å²) in [4.78, 5) is 18.8. The van der Waals surface area contributed by atoms with E-state index in [0.717, 1.165) is 47.0 Å². The van der Waals surface area contributed by atoms with Crippen LogP contribution in [-0.2, 0) is 0 Å². The quantitative estimate of drug-likeness (QED) is 0.269. The molecule has 0 aromatic heterocycles. The van der Waals surface area contributed by atoms with E-state index in [1.807, 2.05) is 36.4 Å². The summed E-state index contributed by atoms with van der Waals surface area (Å²) in [6.07, 6.45) is 3.89. The number of anilines is 1. The van der Waals surface area contributed by atoms with Crippen LogP contribution in [0.25, 0.3) is 0 Å². The highest BCUT2D eigenvalue weighted by molar-refractivity contribution is 7.99. The second-order valence-electron chi connectivity index (χ2n) is 7.01. The number of halogens is 1. The molecule has 3 aromatic rings. The van der Waals surface area contributed by atoms with E-state index in [0.29, 0.717) is 5.69 Å². The highest BCUT2D eigenvalue weighted by Crippen LogP contribution is 2.30. The minimum absolute atomic E-state index is 0.0777. The van der Waals surface area contributed by atoms with E-state index in [-0.39, 0.29) is 11.5 Å². The van der Waals surface area contributed by atoms with Gasteiger partial charge in [0, 0.05) is 41.2 Å². The lowest BCUT2D eigenvalue weighted by Crippen LogP contribution is -2.18. The zero-order valence-corrected chi connectivity index (χ0v) is 17.0. The summed E-state index contributed by atoms with van der Waals surface area (Å²) in [5.74, 6) is -0.212. The van der Waals surface area contributed by atoms with E-state index >= 15 is 0 Å². The summed E-state index contributed by atoms with van der Waals surface area (Å²) in [6, 6.07) is 19.3. The molecule has 0 unspecified atom stereocenters. The molecule has 0 spiro atoms. The Kier molecular flexibility index (Phi) is 6.09. The lowest BCUT2D eigenvalue weighted by atomic mass is 10.2. The number of aliphatic imine (C=N–C) groups is 1. The van der Waals surface area contributed by atoms with Crippen molar-refractivity contribution < 1.29 is 9.31 Å². The average Bonchev–Trinajstić information content (AvgIpc) is 3.28. The van der Waals surface area contributed by atoms with Crippen LogP contribution in [-0.4, -0.2) is 24.2 Å². The smallest absolute Gasteiger partial charge is 0.269 e. The van der Waals surface area contributed by atoms with Crippen molar-refractivity contribution in [2.45, 2.75) is 22.6 Å². The van der Waals surface area contributed by atoms with Crippen LogP contribution in [0.1, 0.15) is 18.4 Å². The van der Waals surface area contributed by atoms with Gasteiger partial charge in [0.1, 0.15) is 5.82 Å². The fourth-order valence-corrected chi connectivity index (χ4v) is 4.16. The topological polar surface area (TPSA) is 58.7 Å². The molecular formula is C23H20FN3O2S. The molecule has 0 saturated carbocycles. The predicted octanol–water partition coefficient (Wildman–Crippen LogP) is 6.24. The van der Waals surface area contributed by atoms with Crippen molar-refractivity contribution in [2.24, 2.45) is 4.99 Å². The lowest BCUT2D eigenvalue weighted by molar-refractivity contribution is -0.384. The minimum Gasteiger partial charge on any atom is -0.369 e. The highest BCUT2D eigenvalue weighted by atomic mass is 32.2. The molecule has 0 amide bonds. The van der Waals surface area contributed by atoms with Crippen LogP contribution < -0.4 is 4.90 Å². The number of nitro groups is 1. The molecule has 0 bridgehead atoms. The average molecular weight is 421 g/mol. The lowest BCUT2D eigenvalue weighted by Gasteiger charge is -2.18. The summed E-state index contributed by atoms with van der Waals surface area (Å²) < 4.78 is 14.4. The van der Waals surface area contributed by atoms with Crippen LogP contribution in [0.15, 0.2) is 81.5 Å². The van der Waals surface area contributed by atoms with Crippen molar-refractivity contribution in [1.29, 1.82) is 0 Å². The summed E-state index contributed by atoms with van der Waals surface area (Å²) in [6.45, 7) is 1.82. The van der Waals surface area contributed by atoms with Gasteiger partial charge in [-0.15, -0.1) is 0 Å². The van der Waals surface area contributed by atoms with Gasteiger partial charge in [-0.1, -0.05) is 17.8 Å². The predicted molar refractivity (Wildman–Crippen MR) is 119 cm³/mol. The largest absolute Gasteiger partial charge is 0.369 e. The molecule has 7 heteroatoms. The zero-order valence-electron chi connectivity index (χ0n) is 16.2. The number of non-ortho nitro benzene ring substituents is 1. The summed E-state index contributed by atoms with van der Waals surface area (Å²) in [5.41, 5.74) is 2.23. The van der Waals surface area contributed by atoms with Crippen LogP contribution in [0, 0.1) is 15.9 Å². The van der Waals surface area contributed by atoms with Gasteiger partial charge >= 0.3 is 0 Å². The van der Waals surface area contributed by atoms with Crippen molar-refractivity contribution in [3.8, 4) is 0 Å². The van der Waals surface area contributed by atoms with Gasteiger partial charge < -0.3 is 4.90 Å². The van der Waals surface area contributed by atoms with Crippen molar-refractivity contribution >= 4 is 35.0 Å². The molecular weight excluding hydrogens is 401 g/mol. The minimum atomic E-state index is -0.410. The van der Waals surface area contributed by atoms with Gasteiger partial charge in [-0.3, -0.25) is 15.1 Å². The Bertz CT molecular complexity index is 1060. The molecule has 30 heavy (non-hydrogen) atoms. The first kappa shape index (κ1) is 20.1. The Morgan fingerprint density at radius 3 is 2.20 bits per heavy atom. The summed E-state index contributed by atoms with van der Waals surface area (Å²) in [7, 11) is 0. The molecule has 1 fully saturated rings. The maximum Gasteiger partial charge on any atom is 0.269 e. The molecule has 4 rings (SSSR count). The van der Waals surface area contributed by atoms with Gasteiger partial charge in [0.2, 0.25) is 0 Å². The van der Waals surface area contributed by atoms with Crippen molar-refractivity contribution in [1.82, 2.24) is 0 Å². The molecule has 1 aliphatic heterocycles. The van der Waals surface area contributed by atoms with E-state index in [1.54, 1.807) is 18.3 Å². The maximum atomic E-state index is 14.4. The Morgan fingerprint density at radius 2 is 1.60 bits per heavy atom. The molecule has 0 radical (unpaired) electrons. The molecule has 3 aromatic carbocycles. The standard InChI is InChI=1S/C23H20FN3O2S/c24-22-15-17(3-12-23(22)26-13-1-2-14-26)16-25-18-4-8-20(9-5-18)30-21-10-6-19(7-11-21)27(28)29/h3-12,15-16H,1-2,13-14H2. The van der Waals surface area contributed by atoms with Crippen LogP contribution >= 0.6 is 11.8 Å². The van der Waals surface area contributed by atoms with Crippen LogP contribution in [0.2, 0.25) is 0 Å². The first-order valence-corrected chi connectivity index (χ1v) is 10.5. The molecule has 5 nitrogen and oxygen atoms in total. The fraction of sp³-hybridized carbons (Fsp3) is 0.174. The molecule has 0 aliphatic carbocycles. The molecule has 0 N–H and O–H groups in total. The Hall–Kier alpha value is -3.19. The van der Waals surface area contributed by atoms with Gasteiger partial charge in [-0.05, 0) is 66.9 Å². The fourth-order valence-electron chi connectivity index (χ4n) is 3.34. The van der Waals surface area contributed by atoms with Crippen LogP contribution in [0.3, 0.4) is 0 Å². The monoisotopic (exact) mass is 421 g/mol. The molecule has 1 heterocycles. The Balaban J connectivity index is 1.40. The maximum absolute atomic E-state index is 14.4. The third-order valence-corrected chi connectivity index (χ3v) is 5.92. The third kappa shape index (κ3) is 4.86. The second kappa shape index (κ2) is 9.09. The molecule has 0 atom stereocenters. The first-order chi connectivity index (χ1) is 14.6. The van der Waals surface area contributed by atoms with Gasteiger partial charge in [-0.25, -0.2) is 4.39 Å². The SMILES string of the molecule is O=[N+]([O-])c1ccc(Sc2ccc(N=Cc3ccc(N4CCCC4)c(F)c3)cc2)cc1. The van der Waals surface area contributed by atoms with E-state index in [2.05, 4.69) is 9.89 Å². The van der Waals surface area contributed by atoms with Crippen LogP contribution in [0.4, 0.5) is 21.5 Å². The number of nitro benzene ring substituents is 1. The van der Waals surface area contributed by atoms with Crippen LogP contribution in [0.5, 0.6) is 0 Å². The second-order valence-corrected chi connectivity index (χ2v) is 8.16. The number of hydrogen-bond acceptors (Lipinski definition) is 5. The third-order valence-electron chi connectivity index (χ3n) is 4.90. The van der Waals surface area contributed by atoms with E-state index in [1.165, 1.54) is 30.0 Å². The number of nitrogens with zero attached hydrogens (tertiary/aromatic N) is 3. The van der Waals surface area contributed by atoms with Gasteiger partial charge in [0.15, 0.2) is 0 Å². The normalized spacial score (nSPS) is 13.8. The number of hydrogen-bond donors (Lipinski definition) is 0. The van der Waals surface area contributed by atoms with Gasteiger partial charge in [0.25, 0.3) is 5.69 Å². The summed E-state index contributed by atoms with van der Waals surface area (Å²) >= 11 is 1.52. The first-order valence-electron chi connectivity index (χ1n) is 9.69. The number of benzene rings is 3. The van der Waals surface area contributed by atoms with E-state index in [4.69, 9.17) is 0 Å². The summed E-state index contributed by atoms with van der Waals surface area (Å²) in [5, 5.41) is 10.7. The molecule has 1 aliphatic rings. The Labute approximate surface area is 178 Å². The zero-order chi connectivity index (χ0) is 20.9. The van der Waals surface area contributed by atoms with Crippen molar-refractivity contribution in [2.75, 3.05) is 18.0 Å². The van der Waals surface area contributed by atoms with Gasteiger partial charge in [-0.2, -0.15) is 0 Å². The molecule has 152 valence electrons. The van der Waals surface area contributed by atoms with Gasteiger partial charge in [0.05, 0.1) is 16.3 Å². The molecule has 1 saturated heterocycles. The highest BCUT2D eigenvalue weighted by Gasteiger charge is 2.15. The number of rotatable bonds is 6. The van der Waals surface area contributed by atoms with Crippen molar-refractivity contribution in [3.63, 3.8) is 0 Å². The van der Waals surface area contributed by atoms with E-state index in [9.17, 15) is 14.5 Å².